The van der Waals surface area contributed by atoms with E-state index >= 15 is 0 Å². The van der Waals surface area contributed by atoms with Crippen LogP contribution in [-0.4, -0.2) is 32.1 Å². The van der Waals surface area contributed by atoms with E-state index in [0.29, 0.717) is 19.4 Å². The van der Waals surface area contributed by atoms with Crippen LogP contribution in [-0.2, 0) is 14.8 Å². The topological polar surface area (TPSA) is 113 Å². The molecule has 0 aromatic heterocycles. The molecular formula is C16H24N2O5S. The van der Waals surface area contributed by atoms with E-state index < -0.39 is 22.0 Å². The summed E-state index contributed by atoms with van der Waals surface area (Å²) in [5.74, 6) is -0.789. The number of benzene rings is 1. The number of carboxylic acid groups (broad SMARTS) is 1. The fourth-order valence-electron chi connectivity index (χ4n) is 2.07. The Labute approximate surface area is 142 Å². The summed E-state index contributed by atoms with van der Waals surface area (Å²) in [7, 11) is -3.86. The molecule has 8 heteroatoms. The second kappa shape index (κ2) is 9.92. The highest BCUT2D eigenvalue weighted by molar-refractivity contribution is 7.90. The third-order valence-electron chi connectivity index (χ3n) is 3.41. The third-order valence-corrected chi connectivity index (χ3v) is 4.76. The number of sulfonamides is 1. The van der Waals surface area contributed by atoms with Crippen LogP contribution in [0.25, 0.3) is 0 Å². The molecule has 2 amide bonds. The Bertz CT molecular complexity index is 641. The van der Waals surface area contributed by atoms with Crippen molar-refractivity contribution >= 4 is 22.0 Å². The van der Waals surface area contributed by atoms with E-state index in [9.17, 15) is 18.0 Å². The van der Waals surface area contributed by atoms with Crippen LogP contribution in [0.4, 0.5) is 4.79 Å². The zero-order valence-corrected chi connectivity index (χ0v) is 14.6. The molecule has 24 heavy (non-hydrogen) atoms. The van der Waals surface area contributed by atoms with Crippen molar-refractivity contribution in [1.82, 2.24) is 10.0 Å². The maximum Gasteiger partial charge on any atom is 0.328 e. The van der Waals surface area contributed by atoms with E-state index in [0.717, 1.165) is 24.8 Å². The highest BCUT2D eigenvalue weighted by Crippen LogP contribution is 2.09. The monoisotopic (exact) mass is 356 g/mol. The summed E-state index contributed by atoms with van der Waals surface area (Å²) in [6.07, 6.45) is 4.11. The Morgan fingerprint density at radius 3 is 2.21 bits per heavy atom. The minimum Gasteiger partial charge on any atom is -0.481 e. The Morgan fingerprint density at radius 1 is 1.00 bits per heavy atom. The fraction of sp³-hybridized carbons (Fsp3) is 0.500. The van der Waals surface area contributed by atoms with Gasteiger partial charge in [-0.2, -0.15) is 0 Å². The number of carbonyl (C=O) groups excluding carboxylic acids is 1. The van der Waals surface area contributed by atoms with Crippen molar-refractivity contribution in [2.24, 2.45) is 0 Å². The number of carbonyl (C=O) groups is 2. The zero-order chi connectivity index (χ0) is 18.0. The van der Waals surface area contributed by atoms with Crippen molar-refractivity contribution in [3.8, 4) is 0 Å². The molecule has 1 aromatic carbocycles. The summed E-state index contributed by atoms with van der Waals surface area (Å²) < 4.78 is 26.0. The van der Waals surface area contributed by atoms with Crippen molar-refractivity contribution in [2.75, 3.05) is 6.54 Å². The molecule has 0 heterocycles. The normalized spacial score (nSPS) is 11.0. The standard InChI is InChI=1S/C16H24N2O5S/c1-13-8-10-14(11-9-13)24(22,23)18-16(21)17-12-6-4-2-3-5-7-15(19)20/h8-11H,2-7,12H2,1H3,(H,19,20)(H2,17,18,21). The van der Waals surface area contributed by atoms with Gasteiger partial charge in [-0.1, -0.05) is 37.0 Å². The molecule has 0 atom stereocenters. The van der Waals surface area contributed by atoms with Crippen molar-refractivity contribution in [1.29, 1.82) is 0 Å². The van der Waals surface area contributed by atoms with Gasteiger partial charge in [-0.05, 0) is 31.9 Å². The first-order valence-corrected chi connectivity index (χ1v) is 9.39. The summed E-state index contributed by atoms with van der Waals surface area (Å²) >= 11 is 0. The van der Waals surface area contributed by atoms with Crippen molar-refractivity contribution < 1.29 is 23.1 Å². The number of nitrogens with one attached hydrogen (secondary N) is 2. The largest absolute Gasteiger partial charge is 0.481 e. The highest BCUT2D eigenvalue weighted by Gasteiger charge is 2.16. The maximum absolute atomic E-state index is 12.0. The summed E-state index contributed by atoms with van der Waals surface area (Å²) in [4.78, 5) is 22.0. The predicted molar refractivity (Wildman–Crippen MR) is 90.2 cm³/mol. The van der Waals surface area contributed by atoms with Gasteiger partial charge in [0.25, 0.3) is 10.0 Å². The van der Waals surface area contributed by atoms with Gasteiger partial charge in [-0.25, -0.2) is 17.9 Å². The van der Waals surface area contributed by atoms with Crippen LogP contribution < -0.4 is 10.0 Å². The number of aryl methyl sites for hydroxylation is 1. The van der Waals surface area contributed by atoms with Crippen molar-refractivity contribution in [3.63, 3.8) is 0 Å². The van der Waals surface area contributed by atoms with Gasteiger partial charge in [-0.15, -0.1) is 0 Å². The molecule has 0 aliphatic carbocycles. The number of unbranched alkanes of at least 4 members (excludes halogenated alkanes) is 4. The van der Waals surface area contributed by atoms with Crippen LogP contribution in [0.2, 0.25) is 0 Å². The van der Waals surface area contributed by atoms with Crippen LogP contribution in [0.5, 0.6) is 0 Å². The molecule has 1 aromatic rings. The van der Waals surface area contributed by atoms with Gasteiger partial charge in [0.2, 0.25) is 0 Å². The van der Waals surface area contributed by atoms with E-state index in [2.05, 4.69) is 5.32 Å². The first-order valence-electron chi connectivity index (χ1n) is 7.90. The molecule has 0 unspecified atom stereocenters. The Kier molecular flexibility index (Phi) is 8.25. The molecule has 0 aliphatic heterocycles. The lowest BCUT2D eigenvalue weighted by molar-refractivity contribution is -0.137. The third kappa shape index (κ3) is 7.96. The van der Waals surface area contributed by atoms with E-state index in [-0.39, 0.29) is 11.3 Å². The average molecular weight is 356 g/mol. The molecule has 0 saturated carbocycles. The SMILES string of the molecule is Cc1ccc(S(=O)(=O)NC(=O)NCCCCCCCC(=O)O)cc1. The Morgan fingerprint density at radius 2 is 1.58 bits per heavy atom. The van der Waals surface area contributed by atoms with Gasteiger partial charge in [0.1, 0.15) is 0 Å². The van der Waals surface area contributed by atoms with Crippen molar-refractivity contribution in [2.45, 2.75) is 50.3 Å². The molecule has 0 bridgehead atoms. The number of aliphatic carboxylic acids is 1. The molecule has 3 N–H and O–H groups in total. The molecule has 7 nitrogen and oxygen atoms in total. The van der Waals surface area contributed by atoms with E-state index in [1.165, 1.54) is 12.1 Å². The average Bonchev–Trinajstić information content (AvgIpc) is 2.49. The first-order chi connectivity index (χ1) is 11.3. The molecule has 0 aliphatic rings. The Balaban J connectivity index is 2.22. The summed E-state index contributed by atoms with van der Waals surface area (Å²) in [6.45, 7) is 2.21. The summed E-state index contributed by atoms with van der Waals surface area (Å²) in [5, 5.41) is 11.0. The maximum atomic E-state index is 12.0. The summed E-state index contributed by atoms with van der Waals surface area (Å²) in [6, 6.07) is 5.47. The molecule has 0 spiro atoms. The van der Waals surface area contributed by atoms with E-state index in [4.69, 9.17) is 5.11 Å². The van der Waals surface area contributed by atoms with E-state index in [1.54, 1.807) is 12.1 Å². The second-order valence-electron chi connectivity index (χ2n) is 5.59. The Hall–Kier alpha value is -2.09. The van der Waals surface area contributed by atoms with Gasteiger partial charge < -0.3 is 10.4 Å². The number of hydrogen-bond acceptors (Lipinski definition) is 4. The number of hydrogen-bond donors (Lipinski definition) is 3. The second-order valence-corrected chi connectivity index (χ2v) is 7.27. The van der Waals surface area contributed by atoms with Gasteiger partial charge in [0.05, 0.1) is 4.90 Å². The molecular weight excluding hydrogens is 332 g/mol. The van der Waals surface area contributed by atoms with Crippen LogP contribution in [0.3, 0.4) is 0 Å². The molecule has 1 rings (SSSR count). The summed E-state index contributed by atoms with van der Waals surface area (Å²) in [5.41, 5.74) is 0.932. The van der Waals surface area contributed by atoms with Crippen LogP contribution >= 0.6 is 0 Å². The molecule has 0 saturated heterocycles. The fourth-order valence-corrected chi connectivity index (χ4v) is 3.00. The zero-order valence-electron chi connectivity index (χ0n) is 13.7. The quantitative estimate of drug-likeness (QED) is 0.557. The van der Waals surface area contributed by atoms with Gasteiger partial charge >= 0.3 is 12.0 Å². The van der Waals surface area contributed by atoms with Gasteiger partial charge in [-0.3, -0.25) is 4.79 Å². The number of carboxylic acids is 1. The molecule has 134 valence electrons. The van der Waals surface area contributed by atoms with Crippen LogP contribution in [0, 0.1) is 6.92 Å². The van der Waals surface area contributed by atoms with Crippen LogP contribution in [0.15, 0.2) is 29.2 Å². The number of urea groups is 1. The smallest absolute Gasteiger partial charge is 0.328 e. The predicted octanol–water partition coefficient (Wildman–Crippen LogP) is 2.41. The van der Waals surface area contributed by atoms with Crippen molar-refractivity contribution in [3.05, 3.63) is 29.8 Å². The van der Waals surface area contributed by atoms with Crippen LogP contribution in [0.1, 0.15) is 44.1 Å². The van der Waals surface area contributed by atoms with E-state index in [1.807, 2.05) is 11.6 Å². The molecule has 0 fully saturated rings. The first kappa shape index (κ1) is 20.0. The number of rotatable bonds is 10. The van der Waals surface area contributed by atoms with Gasteiger partial charge in [0.15, 0.2) is 0 Å². The van der Waals surface area contributed by atoms with Gasteiger partial charge in [0, 0.05) is 13.0 Å². The lowest BCUT2D eigenvalue weighted by atomic mass is 10.1. The highest BCUT2D eigenvalue weighted by atomic mass is 32.2. The lowest BCUT2D eigenvalue weighted by Gasteiger charge is -2.09. The minimum atomic E-state index is -3.86. The number of amides is 2. The lowest BCUT2D eigenvalue weighted by Crippen LogP contribution is -2.39. The molecule has 0 radical (unpaired) electrons. The minimum absolute atomic E-state index is 0.0432.